The number of piperazine rings is 1. The Morgan fingerprint density at radius 3 is 2.17 bits per heavy atom. The first kappa shape index (κ1) is 24.1. The molecule has 0 bridgehead atoms. The van der Waals surface area contributed by atoms with Crippen molar-refractivity contribution in [1.82, 2.24) is 15.1 Å². The molecular formula is C26H31N5O4. The normalized spacial score (nSPS) is 13.4. The van der Waals surface area contributed by atoms with E-state index in [1.165, 1.54) is 0 Å². The Bertz CT molecular complexity index is 1140. The zero-order valence-corrected chi connectivity index (χ0v) is 20.6. The van der Waals surface area contributed by atoms with E-state index in [9.17, 15) is 4.79 Å². The summed E-state index contributed by atoms with van der Waals surface area (Å²) in [5, 5.41) is 11.9. The Balaban J connectivity index is 1.40. The second-order valence-electron chi connectivity index (χ2n) is 8.11. The third-order valence-electron chi connectivity index (χ3n) is 6.14. The molecule has 2 heterocycles. The maximum atomic E-state index is 12.8. The van der Waals surface area contributed by atoms with Gasteiger partial charge in [-0.1, -0.05) is 25.1 Å². The summed E-state index contributed by atoms with van der Waals surface area (Å²) in [6.45, 7) is 4.66. The van der Waals surface area contributed by atoms with Crippen LogP contribution in [0.1, 0.15) is 12.5 Å². The molecule has 184 valence electrons. The highest BCUT2D eigenvalue weighted by Crippen LogP contribution is 2.40. The number of carbonyl (C=O) groups is 1. The van der Waals surface area contributed by atoms with Gasteiger partial charge in [0.15, 0.2) is 17.3 Å². The van der Waals surface area contributed by atoms with Crippen molar-refractivity contribution in [2.75, 3.05) is 57.7 Å². The Hall–Kier alpha value is -4.01. The highest BCUT2D eigenvalue weighted by molar-refractivity contribution is 5.90. The summed E-state index contributed by atoms with van der Waals surface area (Å²) in [6, 6.07) is 15.4. The molecule has 1 saturated heterocycles. The first-order valence-corrected chi connectivity index (χ1v) is 11.6. The van der Waals surface area contributed by atoms with Crippen molar-refractivity contribution in [3.8, 4) is 28.5 Å². The van der Waals surface area contributed by atoms with Crippen LogP contribution >= 0.6 is 0 Å². The number of para-hydroxylation sites is 1. The number of methoxy groups -OCH3 is 3. The van der Waals surface area contributed by atoms with Gasteiger partial charge < -0.3 is 29.3 Å². The summed E-state index contributed by atoms with van der Waals surface area (Å²) < 4.78 is 16.3. The second kappa shape index (κ2) is 10.9. The second-order valence-corrected chi connectivity index (χ2v) is 8.11. The molecular weight excluding hydrogens is 446 g/mol. The molecule has 2 aromatic carbocycles. The van der Waals surface area contributed by atoms with Crippen LogP contribution in [-0.2, 0) is 6.42 Å². The number of amides is 2. The number of benzene rings is 2. The minimum atomic E-state index is -0.0746. The number of aryl methyl sites for hydroxylation is 1. The van der Waals surface area contributed by atoms with Crippen molar-refractivity contribution in [2.45, 2.75) is 13.3 Å². The molecule has 3 aromatic rings. The number of nitrogens with zero attached hydrogens (tertiary/aromatic N) is 4. The van der Waals surface area contributed by atoms with Gasteiger partial charge >= 0.3 is 6.03 Å². The highest BCUT2D eigenvalue weighted by atomic mass is 16.5. The first-order chi connectivity index (χ1) is 17.1. The fourth-order valence-electron chi connectivity index (χ4n) is 4.16. The van der Waals surface area contributed by atoms with E-state index in [4.69, 9.17) is 14.2 Å². The fraction of sp³-hybridized carbons (Fsp3) is 0.346. The Morgan fingerprint density at radius 2 is 1.60 bits per heavy atom. The van der Waals surface area contributed by atoms with Crippen molar-refractivity contribution < 1.29 is 19.0 Å². The highest BCUT2D eigenvalue weighted by Gasteiger charge is 2.23. The number of aromatic nitrogens is 2. The molecule has 1 aromatic heterocycles. The topological polar surface area (TPSA) is 89.1 Å². The van der Waals surface area contributed by atoms with Crippen LogP contribution in [-0.4, -0.2) is 68.6 Å². The van der Waals surface area contributed by atoms with Crippen LogP contribution < -0.4 is 24.4 Å². The molecule has 0 aliphatic carbocycles. The molecule has 0 spiro atoms. The van der Waals surface area contributed by atoms with Gasteiger partial charge in [0.25, 0.3) is 0 Å². The standard InChI is InChI=1S/C26H31N5O4/c1-5-18-8-6-7-9-20(18)27-26(32)31-14-12-30(13-15-31)24-11-10-21(28-29-24)19-16-22(33-2)25(35-4)23(17-19)34-3/h6-11,16-17H,5,12-15H2,1-4H3,(H,27,32). The van der Waals surface area contributed by atoms with E-state index in [-0.39, 0.29) is 6.03 Å². The minimum Gasteiger partial charge on any atom is -0.493 e. The Labute approximate surface area is 205 Å². The van der Waals surface area contributed by atoms with Crippen LogP contribution in [0.25, 0.3) is 11.3 Å². The molecule has 4 rings (SSSR count). The monoisotopic (exact) mass is 477 g/mol. The van der Waals surface area contributed by atoms with Crippen LogP contribution in [0.4, 0.5) is 16.3 Å². The van der Waals surface area contributed by atoms with Gasteiger partial charge in [-0.15, -0.1) is 10.2 Å². The molecule has 9 nitrogen and oxygen atoms in total. The van der Waals surface area contributed by atoms with Gasteiger partial charge in [-0.3, -0.25) is 0 Å². The van der Waals surface area contributed by atoms with Crippen molar-refractivity contribution >= 4 is 17.5 Å². The van der Waals surface area contributed by atoms with Gasteiger partial charge in [0.05, 0.1) is 27.0 Å². The molecule has 35 heavy (non-hydrogen) atoms. The first-order valence-electron chi connectivity index (χ1n) is 11.6. The lowest BCUT2D eigenvalue weighted by Crippen LogP contribution is -2.50. The third kappa shape index (κ3) is 5.24. The summed E-state index contributed by atoms with van der Waals surface area (Å²) in [5.74, 6) is 2.42. The average Bonchev–Trinajstić information content (AvgIpc) is 2.92. The van der Waals surface area contributed by atoms with Crippen molar-refractivity contribution in [3.63, 3.8) is 0 Å². The van der Waals surface area contributed by atoms with E-state index in [1.54, 1.807) is 21.3 Å². The molecule has 0 unspecified atom stereocenters. The summed E-state index contributed by atoms with van der Waals surface area (Å²) in [4.78, 5) is 16.7. The van der Waals surface area contributed by atoms with Gasteiger partial charge in [0, 0.05) is 37.4 Å². The van der Waals surface area contributed by atoms with E-state index >= 15 is 0 Å². The molecule has 0 atom stereocenters. The molecule has 1 fully saturated rings. The molecule has 0 radical (unpaired) electrons. The molecule has 0 saturated carbocycles. The van der Waals surface area contributed by atoms with E-state index in [1.807, 2.05) is 53.4 Å². The lowest BCUT2D eigenvalue weighted by atomic mass is 10.1. The smallest absolute Gasteiger partial charge is 0.321 e. The van der Waals surface area contributed by atoms with E-state index in [0.717, 1.165) is 29.1 Å². The summed E-state index contributed by atoms with van der Waals surface area (Å²) >= 11 is 0. The molecule has 1 aliphatic rings. The number of rotatable bonds is 7. The quantitative estimate of drug-likeness (QED) is 0.548. The predicted molar refractivity (Wildman–Crippen MR) is 136 cm³/mol. The lowest BCUT2D eigenvalue weighted by molar-refractivity contribution is 0.208. The van der Waals surface area contributed by atoms with E-state index in [0.29, 0.717) is 49.1 Å². The number of urea groups is 1. The van der Waals surface area contributed by atoms with Gasteiger partial charge in [-0.05, 0) is 42.3 Å². The summed E-state index contributed by atoms with van der Waals surface area (Å²) in [7, 11) is 4.73. The fourth-order valence-corrected chi connectivity index (χ4v) is 4.16. The average molecular weight is 478 g/mol. The van der Waals surface area contributed by atoms with Crippen LogP contribution in [0.2, 0.25) is 0 Å². The van der Waals surface area contributed by atoms with Crippen molar-refractivity contribution in [1.29, 1.82) is 0 Å². The number of hydrogen-bond donors (Lipinski definition) is 1. The van der Waals surface area contributed by atoms with Gasteiger partial charge in [-0.2, -0.15) is 0 Å². The number of hydrogen-bond acceptors (Lipinski definition) is 7. The summed E-state index contributed by atoms with van der Waals surface area (Å²) in [5.41, 5.74) is 3.51. The molecule has 1 aliphatic heterocycles. The molecule has 9 heteroatoms. The Kier molecular flexibility index (Phi) is 7.54. The van der Waals surface area contributed by atoms with Crippen LogP contribution in [0.3, 0.4) is 0 Å². The van der Waals surface area contributed by atoms with Gasteiger partial charge in [0.2, 0.25) is 5.75 Å². The SMILES string of the molecule is CCc1ccccc1NC(=O)N1CCN(c2ccc(-c3cc(OC)c(OC)c(OC)c3)nn2)CC1. The van der Waals surface area contributed by atoms with E-state index < -0.39 is 0 Å². The van der Waals surface area contributed by atoms with E-state index in [2.05, 4.69) is 27.3 Å². The number of ether oxygens (including phenoxy) is 3. The van der Waals surface area contributed by atoms with Crippen LogP contribution in [0.15, 0.2) is 48.5 Å². The Morgan fingerprint density at radius 1 is 0.914 bits per heavy atom. The number of carbonyl (C=O) groups excluding carboxylic acids is 1. The molecule has 1 N–H and O–H groups in total. The number of nitrogens with one attached hydrogen (secondary N) is 1. The number of anilines is 2. The maximum absolute atomic E-state index is 12.8. The zero-order chi connectivity index (χ0) is 24.8. The lowest BCUT2D eigenvalue weighted by Gasteiger charge is -2.35. The molecule has 2 amide bonds. The minimum absolute atomic E-state index is 0.0746. The van der Waals surface area contributed by atoms with Crippen LogP contribution in [0.5, 0.6) is 17.2 Å². The third-order valence-corrected chi connectivity index (χ3v) is 6.14. The van der Waals surface area contributed by atoms with Crippen molar-refractivity contribution in [2.24, 2.45) is 0 Å². The summed E-state index contributed by atoms with van der Waals surface area (Å²) in [6.07, 6.45) is 0.870. The van der Waals surface area contributed by atoms with Gasteiger partial charge in [0.1, 0.15) is 0 Å². The zero-order valence-electron chi connectivity index (χ0n) is 20.6. The predicted octanol–water partition coefficient (Wildman–Crippen LogP) is 4.09. The van der Waals surface area contributed by atoms with Crippen molar-refractivity contribution in [3.05, 3.63) is 54.1 Å². The van der Waals surface area contributed by atoms with Crippen LogP contribution in [0, 0.1) is 0 Å². The largest absolute Gasteiger partial charge is 0.493 e. The maximum Gasteiger partial charge on any atom is 0.321 e. The van der Waals surface area contributed by atoms with Gasteiger partial charge in [-0.25, -0.2) is 4.79 Å².